The van der Waals surface area contributed by atoms with Gasteiger partial charge in [0, 0.05) is 62.1 Å². The fourth-order valence-corrected chi connectivity index (χ4v) is 4.55. The van der Waals surface area contributed by atoms with Crippen molar-refractivity contribution in [2.45, 2.75) is 39.2 Å². The van der Waals surface area contributed by atoms with Crippen molar-refractivity contribution in [3.8, 4) is 5.69 Å². The maximum Gasteiger partial charge on any atom is 0.227 e. The number of rotatable bonds is 5. The van der Waals surface area contributed by atoms with Gasteiger partial charge in [0.2, 0.25) is 5.95 Å². The number of likely N-dealkylation sites (N-methyl/N-ethyl adjacent to an activating group) is 1. The molecule has 0 spiro atoms. The maximum atomic E-state index is 5.55. The molecule has 0 bridgehead atoms. The Kier molecular flexibility index (Phi) is 5.70. The van der Waals surface area contributed by atoms with Crippen LogP contribution in [0.1, 0.15) is 35.6 Å². The predicted octanol–water partition coefficient (Wildman–Crippen LogP) is 3.67. The van der Waals surface area contributed by atoms with Crippen molar-refractivity contribution in [1.29, 1.82) is 0 Å². The SMILES string of the molecule is Cc1nccn1-c1ccc(Nc2nc3c(c(CC4CCOCC4)n2)CN(C)CC3)cc1. The molecule has 0 radical (unpaired) electrons. The van der Waals surface area contributed by atoms with E-state index in [1.54, 1.807) is 0 Å². The molecular formula is C24H30N6O. The average molecular weight is 419 g/mol. The van der Waals surface area contributed by atoms with Gasteiger partial charge >= 0.3 is 0 Å². The van der Waals surface area contributed by atoms with E-state index in [4.69, 9.17) is 14.7 Å². The number of aromatic nitrogens is 4. The van der Waals surface area contributed by atoms with E-state index in [-0.39, 0.29) is 0 Å². The normalized spacial score (nSPS) is 17.5. The topological polar surface area (TPSA) is 68.1 Å². The highest BCUT2D eigenvalue weighted by Gasteiger charge is 2.23. The van der Waals surface area contributed by atoms with Crippen LogP contribution in [0.2, 0.25) is 0 Å². The Bertz CT molecular complexity index is 1040. The van der Waals surface area contributed by atoms with Crippen LogP contribution in [0.5, 0.6) is 0 Å². The Labute approximate surface area is 183 Å². The second kappa shape index (κ2) is 8.77. The maximum absolute atomic E-state index is 5.55. The van der Waals surface area contributed by atoms with E-state index in [1.165, 1.54) is 17.0 Å². The molecule has 0 saturated carbocycles. The Morgan fingerprint density at radius 2 is 1.94 bits per heavy atom. The van der Waals surface area contributed by atoms with Crippen molar-refractivity contribution >= 4 is 11.6 Å². The summed E-state index contributed by atoms with van der Waals surface area (Å²) >= 11 is 0. The molecule has 1 fully saturated rings. The molecule has 1 aromatic carbocycles. The average Bonchev–Trinajstić information content (AvgIpc) is 3.21. The standard InChI is InChI=1S/C24H30N6O/c1-17-25-10-12-30(17)20-5-3-19(4-6-20)26-24-27-22-7-11-29(2)16-21(22)23(28-24)15-18-8-13-31-14-9-18/h3-6,10,12,18H,7-9,11,13-16H2,1-2H3,(H,26,27,28). The van der Waals surface area contributed by atoms with E-state index >= 15 is 0 Å². The van der Waals surface area contributed by atoms with Crippen LogP contribution >= 0.6 is 0 Å². The molecular weight excluding hydrogens is 388 g/mol. The van der Waals surface area contributed by atoms with Crippen molar-refractivity contribution < 1.29 is 4.74 Å². The molecule has 5 rings (SSSR count). The van der Waals surface area contributed by atoms with E-state index in [9.17, 15) is 0 Å². The van der Waals surface area contributed by atoms with E-state index < -0.39 is 0 Å². The third-order valence-corrected chi connectivity index (χ3v) is 6.39. The summed E-state index contributed by atoms with van der Waals surface area (Å²) < 4.78 is 7.63. The number of ether oxygens (including phenoxy) is 1. The van der Waals surface area contributed by atoms with E-state index in [0.29, 0.717) is 11.9 Å². The van der Waals surface area contributed by atoms with Crippen LogP contribution in [0, 0.1) is 12.8 Å². The minimum Gasteiger partial charge on any atom is -0.381 e. The van der Waals surface area contributed by atoms with Gasteiger partial charge in [-0.3, -0.25) is 0 Å². The first kappa shape index (κ1) is 20.2. The van der Waals surface area contributed by atoms with Crippen molar-refractivity contribution in [3.05, 3.63) is 59.4 Å². The number of nitrogens with zero attached hydrogens (tertiary/aromatic N) is 5. The molecule has 4 heterocycles. The summed E-state index contributed by atoms with van der Waals surface area (Å²) in [5.41, 5.74) is 5.82. The zero-order chi connectivity index (χ0) is 21.2. The second-order valence-electron chi connectivity index (χ2n) is 8.68. The third kappa shape index (κ3) is 4.48. The van der Waals surface area contributed by atoms with Gasteiger partial charge in [0.25, 0.3) is 0 Å². The smallest absolute Gasteiger partial charge is 0.227 e. The molecule has 0 amide bonds. The lowest BCUT2D eigenvalue weighted by Gasteiger charge is -2.28. The summed E-state index contributed by atoms with van der Waals surface area (Å²) in [6.45, 7) is 5.72. The van der Waals surface area contributed by atoms with Crippen molar-refractivity contribution in [3.63, 3.8) is 0 Å². The highest BCUT2D eigenvalue weighted by Crippen LogP contribution is 2.27. The second-order valence-corrected chi connectivity index (χ2v) is 8.68. The number of benzene rings is 1. The van der Waals surface area contributed by atoms with Gasteiger partial charge < -0.3 is 19.5 Å². The first-order valence-electron chi connectivity index (χ1n) is 11.2. The zero-order valence-corrected chi connectivity index (χ0v) is 18.3. The highest BCUT2D eigenvalue weighted by atomic mass is 16.5. The van der Waals surface area contributed by atoms with Crippen LogP contribution < -0.4 is 5.32 Å². The molecule has 0 unspecified atom stereocenters. The lowest BCUT2D eigenvalue weighted by molar-refractivity contribution is 0.0661. The Morgan fingerprint density at radius 3 is 2.68 bits per heavy atom. The quantitative estimate of drug-likeness (QED) is 0.682. The molecule has 3 aromatic rings. The number of fused-ring (bicyclic) bond motifs is 1. The summed E-state index contributed by atoms with van der Waals surface area (Å²) in [5, 5.41) is 3.44. The highest BCUT2D eigenvalue weighted by molar-refractivity contribution is 5.56. The van der Waals surface area contributed by atoms with Gasteiger partial charge in [-0.1, -0.05) is 0 Å². The number of imidazole rings is 1. The minimum atomic E-state index is 0.644. The van der Waals surface area contributed by atoms with E-state index in [0.717, 1.165) is 69.2 Å². The minimum absolute atomic E-state index is 0.644. The molecule has 162 valence electrons. The summed E-state index contributed by atoms with van der Waals surface area (Å²) in [4.78, 5) is 16.6. The van der Waals surface area contributed by atoms with Gasteiger partial charge in [-0.2, -0.15) is 0 Å². The van der Waals surface area contributed by atoms with Crippen LogP contribution in [-0.4, -0.2) is 51.2 Å². The van der Waals surface area contributed by atoms with Crippen LogP contribution in [0.25, 0.3) is 5.69 Å². The van der Waals surface area contributed by atoms with Crippen LogP contribution in [0.3, 0.4) is 0 Å². The van der Waals surface area contributed by atoms with Gasteiger partial charge in [-0.25, -0.2) is 15.0 Å². The van der Waals surface area contributed by atoms with Gasteiger partial charge in [0.15, 0.2) is 0 Å². The molecule has 1 saturated heterocycles. The summed E-state index contributed by atoms with van der Waals surface area (Å²) in [6.07, 6.45) is 8.01. The van der Waals surface area contributed by atoms with Crippen LogP contribution in [0.15, 0.2) is 36.7 Å². The van der Waals surface area contributed by atoms with Crippen molar-refractivity contribution in [1.82, 2.24) is 24.4 Å². The third-order valence-electron chi connectivity index (χ3n) is 6.39. The monoisotopic (exact) mass is 418 g/mol. The first-order chi connectivity index (χ1) is 15.2. The molecule has 2 aliphatic heterocycles. The molecule has 31 heavy (non-hydrogen) atoms. The molecule has 7 heteroatoms. The fraction of sp³-hybridized carbons (Fsp3) is 0.458. The summed E-state index contributed by atoms with van der Waals surface area (Å²) in [5.74, 6) is 2.32. The molecule has 2 aliphatic rings. The molecule has 0 atom stereocenters. The molecule has 1 N–H and O–H groups in total. The van der Waals surface area contributed by atoms with E-state index in [1.807, 2.05) is 19.3 Å². The Hall–Kier alpha value is -2.77. The predicted molar refractivity (Wildman–Crippen MR) is 121 cm³/mol. The zero-order valence-electron chi connectivity index (χ0n) is 18.3. The number of hydrogen-bond donors (Lipinski definition) is 1. The Balaban J connectivity index is 1.39. The van der Waals surface area contributed by atoms with Crippen LogP contribution in [0.4, 0.5) is 11.6 Å². The lowest BCUT2D eigenvalue weighted by atomic mass is 9.91. The summed E-state index contributed by atoms with van der Waals surface area (Å²) in [7, 11) is 2.18. The fourth-order valence-electron chi connectivity index (χ4n) is 4.55. The Morgan fingerprint density at radius 1 is 1.13 bits per heavy atom. The number of aryl methyl sites for hydroxylation is 1. The van der Waals surface area contributed by atoms with Crippen molar-refractivity contribution in [2.75, 3.05) is 32.1 Å². The van der Waals surface area contributed by atoms with Gasteiger partial charge in [0.05, 0.1) is 11.4 Å². The largest absolute Gasteiger partial charge is 0.381 e. The van der Waals surface area contributed by atoms with Gasteiger partial charge in [0.1, 0.15) is 5.82 Å². The number of anilines is 2. The number of nitrogens with one attached hydrogen (secondary N) is 1. The molecule has 7 nitrogen and oxygen atoms in total. The first-order valence-corrected chi connectivity index (χ1v) is 11.2. The van der Waals surface area contributed by atoms with Gasteiger partial charge in [-0.05, 0) is 63.4 Å². The summed E-state index contributed by atoms with van der Waals surface area (Å²) in [6, 6.07) is 8.33. The van der Waals surface area contributed by atoms with Gasteiger partial charge in [-0.15, -0.1) is 0 Å². The van der Waals surface area contributed by atoms with Crippen LogP contribution in [-0.2, 0) is 24.1 Å². The lowest BCUT2D eigenvalue weighted by Crippen LogP contribution is -2.30. The van der Waals surface area contributed by atoms with Crippen molar-refractivity contribution in [2.24, 2.45) is 5.92 Å². The number of hydrogen-bond acceptors (Lipinski definition) is 6. The van der Waals surface area contributed by atoms with E-state index in [2.05, 4.69) is 51.1 Å². The molecule has 2 aromatic heterocycles. The molecule has 0 aliphatic carbocycles.